The minimum atomic E-state index is -0.478. The molecule has 3 N–H and O–H groups in total. The summed E-state index contributed by atoms with van der Waals surface area (Å²) in [5.74, 6) is 0.894. The van der Waals surface area contributed by atoms with Crippen molar-refractivity contribution >= 4 is 17.8 Å². The van der Waals surface area contributed by atoms with Gasteiger partial charge in [-0.05, 0) is 61.9 Å². The molecule has 0 saturated heterocycles. The van der Waals surface area contributed by atoms with Crippen molar-refractivity contribution in [1.29, 1.82) is 0 Å². The van der Waals surface area contributed by atoms with Gasteiger partial charge in [0.1, 0.15) is 11.8 Å². The molecule has 0 heterocycles. The van der Waals surface area contributed by atoms with Crippen LogP contribution in [0.2, 0.25) is 0 Å². The first-order valence-corrected chi connectivity index (χ1v) is 8.22. The molecule has 138 valence electrons. The van der Waals surface area contributed by atoms with Gasteiger partial charge in [0.2, 0.25) is 0 Å². The summed E-state index contributed by atoms with van der Waals surface area (Å²) in [4.78, 5) is 12.1. The maximum Gasteiger partial charge on any atom is 0.262 e. The summed E-state index contributed by atoms with van der Waals surface area (Å²) in [5.41, 5.74) is 3.90. The molecule has 7 nitrogen and oxygen atoms in total. The van der Waals surface area contributed by atoms with Crippen LogP contribution in [0.5, 0.6) is 17.2 Å². The van der Waals surface area contributed by atoms with Crippen molar-refractivity contribution in [2.45, 2.75) is 19.9 Å². The van der Waals surface area contributed by atoms with Crippen molar-refractivity contribution in [3.05, 3.63) is 48.0 Å². The smallest absolute Gasteiger partial charge is 0.262 e. The van der Waals surface area contributed by atoms with Gasteiger partial charge in [0, 0.05) is 5.69 Å². The van der Waals surface area contributed by atoms with Gasteiger partial charge in [0.05, 0.1) is 19.9 Å². The fourth-order valence-corrected chi connectivity index (χ4v) is 2.16. The maximum absolute atomic E-state index is 12.1. The molecular formula is C19H23N3O4. The van der Waals surface area contributed by atoms with Crippen LogP contribution in [0.25, 0.3) is 0 Å². The Kier molecular flexibility index (Phi) is 6.84. The topological polar surface area (TPSA) is 92.2 Å². The van der Waals surface area contributed by atoms with Gasteiger partial charge in [-0.15, -0.1) is 0 Å². The van der Waals surface area contributed by atoms with E-state index < -0.39 is 6.04 Å². The van der Waals surface area contributed by atoms with E-state index in [1.54, 1.807) is 26.2 Å². The molecule has 0 aromatic heterocycles. The molecule has 0 saturated carbocycles. The number of hydrazone groups is 1. The van der Waals surface area contributed by atoms with Crippen molar-refractivity contribution in [3.63, 3.8) is 0 Å². The molecule has 0 unspecified atom stereocenters. The zero-order valence-corrected chi connectivity index (χ0v) is 15.0. The minimum Gasteiger partial charge on any atom is -0.504 e. The molecule has 0 spiro atoms. The van der Waals surface area contributed by atoms with Crippen LogP contribution in [0, 0.1) is 0 Å². The van der Waals surface area contributed by atoms with Crippen molar-refractivity contribution in [2.24, 2.45) is 5.10 Å². The Balaban J connectivity index is 1.88. The van der Waals surface area contributed by atoms with E-state index in [2.05, 4.69) is 15.8 Å². The highest BCUT2D eigenvalue weighted by atomic mass is 16.5. The van der Waals surface area contributed by atoms with E-state index in [9.17, 15) is 9.90 Å². The second-order valence-electron chi connectivity index (χ2n) is 5.49. The number of ether oxygens (including phenoxy) is 2. The second-order valence-corrected chi connectivity index (χ2v) is 5.49. The lowest BCUT2D eigenvalue weighted by Gasteiger charge is -2.13. The first-order valence-electron chi connectivity index (χ1n) is 8.22. The molecule has 0 fully saturated rings. The Labute approximate surface area is 152 Å². The van der Waals surface area contributed by atoms with E-state index in [0.717, 1.165) is 11.4 Å². The molecule has 2 aromatic carbocycles. The predicted octanol–water partition coefficient (Wildman–Crippen LogP) is 2.75. The SMILES string of the molecule is CCOc1ccc(/C=N\NC(=O)[C@@H](C)Nc2ccc(OC)cc2)cc1O. The average molecular weight is 357 g/mol. The minimum absolute atomic E-state index is 0.0247. The van der Waals surface area contributed by atoms with Gasteiger partial charge < -0.3 is 19.9 Å². The summed E-state index contributed by atoms with van der Waals surface area (Å²) in [6.45, 7) is 4.04. The van der Waals surface area contributed by atoms with Gasteiger partial charge >= 0.3 is 0 Å². The third kappa shape index (κ3) is 5.41. The molecule has 7 heteroatoms. The number of carbonyl (C=O) groups is 1. The van der Waals surface area contributed by atoms with Crippen LogP contribution in [0.3, 0.4) is 0 Å². The van der Waals surface area contributed by atoms with Gasteiger partial charge in [0.15, 0.2) is 11.5 Å². The number of amides is 1. The normalized spacial score (nSPS) is 11.8. The zero-order valence-electron chi connectivity index (χ0n) is 15.0. The van der Waals surface area contributed by atoms with E-state index >= 15 is 0 Å². The quantitative estimate of drug-likeness (QED) is 0.499. The third-order valence-electron chi connectivity index (χ3n) is 3.54. The number of phenols is 1. The molecule has 1 amide bonds. The molecule has 0 bridgehead atoms. The van der Waals surface area contributed by atoms with E-state index in [1.807, 2.05) is 31.2 Å². The highest BCUT2D eigenvalue weighted by molar-refractivity contribution is 5.86. The third-order valence-corrected chi connectivity index (χ3v) is 3.54. The molecule has 1 atom stereocenters. The Bertz CT molecular complexity index is 760. The molecule has 2 rings (SSSR count). The first kappa shape index (κ1) is 19.1. The van der Waals surface area contributed by atoms with Gasteiger partial charge in [0.25, 0.3) is 5.91 Å². The van der Waals surface area contributed by atoms with Gasteiger partial charge in [-0.3, -0.25) is 4.79 Å². The molecular weight excluding hydrogens is 334 g/mol. The van der Waals surface area contributed by atoms with Gasteiger partial charge in [-0.1, -0.05) is 0 Å². The standard InChI is InChI=1S/C19H23N3O4/c1-4-26-18-10-5-14(11-17(18)23)12-20-22-19(24)13(2)21-15-6-8-16(25-3)9-7-15/h5-13,21,23H,4H2,1-3H3,(H,22,24)/b20-12-/t13-/m1/s1. The highest BCUT2D eigenvalue weighted by Crippen LogP contribution is 2.26. The number of rotatable bonds is 8. The summed E-state index contributed by atoms with van der Waals surface area (Å²) in [5, 5.41) is 16.8. The van der Waals surface area contributed by atoms with Crippen molar-refractivity contribution in [2.75, 3.05) is 19.0 Å². The lowest BCUT2D eigenvalue weighted by Crippen LogP contribution is -2.34. The van der Waals surface area contributed by atoms with Crippen molar-refractivity contribution in [1.82, 2.24) is 5.43 Å². The first-order chi connectivity index (χ1) is 12.5. The molecule has 0 aliphatic carbocycles. The van der Waals surface area contributed by atoms with E-state index in [4.69, 9.17) is 9.47 Å². The molecule has 0 radical (unpaired) electrons. The average Bonchev–Trinajstić information content (AvgIpc) is 2.64. The summed E-state index contributed by atoms with van der Waals surface area (Å²) in [6.07, 6.45) is 1.45. The molecule has 0 aliphatic heterocycles. The zero-order chi connectivity index (χ0) is 18.9. The number of hydrogen-bond donors (Lipinski definition) is 3. The van der Waals surface area contributed by atoms with E-state index in [-0.39, 0.29) is 11.7 Å². The second kappa shape index (κ2) is 9.31. The van der Waals surface area contributed by atoms with Gasteiger partial charge in [-0.2, -0.15) is 5.10 Å². The maximum atomic E-state index is 12.1. The molecule has 0 aliphatic rings. The number of carbonyl (C=O) groups excluding carboxylic acids is 1. The Morgan fingerprint density at radius 1 is 1.27 bits per heavy atom. The summed E-state index contributed by atoms with van der Waals surface area (Å²) in [7, 11) is 1.60. The monoisotopic (exact) mass is 357 g/mol. The summed E-state index contributed by atoms with van der Waals surface area (Å²) >= 11 is 0. The summed E-state index contributed by atoms with van der Waals surface area (Å²) in [6, 6.07) is 11.7. The number of nitrogens with one attached hydrogen (secondary N) is 2. The Hall–Kier alpha value is -3.22. The van der Waals surface area contributed by atoms with Crippen molar-refractivity contribution in [3.8, 4) is 17.2 Å². The van der Waals surface area contributed by atoms with Gasteiger partial charge in [-0.25, -0.2) is 5.43 Å². The van der Waals surface area contributed by atoms with Crippen LogP contribution >= 0.6 is 0 Å². The summed E-state index contributed by atoms with van der Waals surface area (Å²) < 4.78 is 10.4. The van der Waals surface area contributed by atoms with Crippen molar-refractivity contribution < 1.29 is 19.4 Å². The Morgan fingerprint density at radius 2 is 2.00 bits per heavy atom. The number of hydrogen-bond acceptors (Lipinski definition) is 6. The number of nitrogens with zero attached hydrogens (tertiary/aromatic N) is 1. The van der Waals surface area contributed by atoms with Crippen LogP contribution < -0.4 is 20.2 Å². The fourth-order valence-electron chi connectivity index (χ4n) is 2.16. The highest BCUT2D eigenvalue weighted by Gasteiger charge is 2.11. The van der Waals surface area contributed by atoms with E-state index in [1.165, 1.54) is 12.3 Å². The number of anilines is 1. The predicted molar refractivity (Wildman–Crippen MR) is 101 cm³/mol. The van der Waals surface area contributed by atoms with Crippen LogP contribution in [0.4, 0.5) is 5.69 Å². The lowest BCUT2D eigenvalue weighted by atomic mass is 10.2. The lowest BCUT2D eigenvalue weighted by molar-refractivity contribution is -0.121. The number of phenolic OH excluding ortho intramolecular Hbond substituents is 1. The largest absolute Gasteiger partial charge is 0.504 e. The van der Waals surface area contributed by atoms with E-state index in [0.29, 0.717) is 17.9 Å². The van der Waals surface area contributed by atoms with Crippen LogP contribution in [0.15, 0.2) is 47.6 Å². The van der Waals surface area contributed by atoms with Crippen LogP contribution in [-0.4, -0.2) is 37.0 Å². The fraction of sp³-hybridized carbons (Fsp3) is 0.263. The number of benzene rings is 2. The number of methoxy groups -OCH3 is 1. The van der Waals surface area contributed by atoms with Crippen LogP contribution in [0.1, 0.15) is 19.4 Å². The number of aromatic hydroxyl groups is 1. The Morgan fingerprint density at radius 3 is 2.62 bits per heavy atom. The molecule has 26 heavy (non-hydrogen) atoms. The van der Waals surface area contributed by atoms with Crippen LogP contribution in [-0.2, 0) is 4.79 Å². The molecule has 2 aromatic rings.